The molecule has 20 heavy (non-hydrogen) atoms. The van der Waals surface area contributed by atoms with E-state index in [9.17, 15) is 4.79 Å². The molecule has 2 aromatic rings. The first kappa shape index (κ1) is 14.6. The predicted octanol–water partition coefficient (Wildman–Crippen LogP) is 3.78. The normalized spacial score (nSPS) is 12.2. The molecule has 1 amide bonds. The lowest BCUT2D eigenvalue weighted by atomic mass is 10.1. The zero-order chi connectivity index (χ0) is 14.9. The van der Waals surface area contributed by atoms with Crippen molar-refractivity contribution in [3.8, 4) is 0 Å². The summed E-state index contributed by atoms with van der Waals surface area (Å²) in [6, 6.07) is 9.75. The molecule has 0 aliphatic carbocycles. The average Bonchev–Trinajstić information content (AvgIpc) is 2.85. The molecular weight excluding hydrogens is 268 g/mol. The van der Waals surface area contributed by atoms with Crippen molar-refractivity contribution in [2.24, 2.45) is 0 Å². The van der Waals surface area contributed by atoms with Crippen molar-refractivity contribution < 1.29 is 4.79 Å². The largest absolute Gasteiger partial charge is 0.398 e. The third kappa shape index (κ3) is 2.85. The Kier molecular flexibility index (Phi) is 4.14. The van der Waals surface area contributed by atoms with E-state index in [4.69, 9.17) is 5.73 Å². The van der Waals surface area contributed by atoms with Gasteiger partial charge in [-0.25, -0.2) is 0 Å². The van der Waals surface area contributed by atoms with E-state index in [1.165, 1.54) is 9.75 Å². The van der Waals surface area contributed by atoms with E-state index >= 15 is 0 Å². The lowest BCUT2D eigenvalue weighted by molar-refractivity contribution is 0.0746. The number of aryl methyl sites for hydroxylation is 2. The van der Waals surface area contributed by atoms with Gasteiger partial charge in [-0.2, -0.15) is 0 Å². The Morgan fingerprint density at radius 3 is 2.55 bits per heavy atom. The number of nitrogens with two attached hydrogens (primary N) is 1. The number of carbonyl (C=O) groups is 1. The van der Waals surface area contributed by atoms with Crippen molar-refractivity contribution in [1.82, 2.24) is 4.90 Å². The van der Waals surface area contributed by atoms with Crippen LogP contribution >= 0.6 is 11.3 Å². The minimum Gasteiger partial charge on any atom is -0.398 e. The summed E-state index contributed by atoms with van der Waals surface area (Å²) in [5.74, 6) is -0.0373. The van der Waals surface area contributed by atoms with Crippen LogP contribution in [0.5, 0.6) is 0 Å². The van der Waals surface area contributed by atoms with E-state index in [0.29, 0.717) is 11.3 Å². The first-order valence-electron chi connectivity index (χ1n) is 6.59. The monoisotopic (exact) mass is 288 g/mol. The lowest BCUT2D eigenvalue weighted by Gasteiger charge is -2.25. The number of anilines is 1. The van der Waals surface area contributed by atoms with Gasteiger partial charge < -0.3 is 10.6 Å². The molecule has 1 aromatic carbocycles. The Morgan fingerprint density at radius 1 is 1.25 bits per heavy atom. The number of nitrogen functional groups attached to an aromatic ring is 1. The molecule has 4 heteroatoms. The zero-order valence-electron chi connectivity index (χ0n) is 12.3. The van der Waals surface area contributed by atoms with Gasteiger partial charge in [-0.3, -0.25) is 4.79 Å². The zero-order valence-corrected chi connectivity index (χ0v) is 13.1. The molecule has 2 rings (SSSR count). The molecule has 3 nitrogen and oxygen atoms in total. The summed E-state index contributed by atoms with van der Waals surface area (Å²) in [4.78, 5) is 16.8. The molecule has 0 saturated carbocycles. The van der Waals surface area contributed by atoms with Crippen LogP contribution in [-0.2, 0) is 0 Å². The van der Waals surface area contributed by atoms with Gasteiger partial charge in [0.15, 0.2) is 0 Å². The Labute approximate surface area is 124 Å². The predicted molar refractivity (Wildman–Crippen MR) is 85.2 cm³/mol. The summed E-state index contributed by atoms with van der Waals surface area (Å²) < 4.78 is 0. The van der Waals surface area contributed by atoms with E-state index in [0.717, 1.165) is 5.56 Å². The summed E-state index contributed by atoms with van der Waals surface area (Å²) >= 11 is 1.72. The van der Waals surface area contributed by atoms with E-state index in [2.05, 4.69) is 19.1 Å². The number of nitrogens with zero attached hydrogens (tertiary/aromatic N) is 1. The molecule has 0 saturated heterocycles. The van der Waals surface area contributed by atoms with Gasteiger partial charge in [-0.1, -0.05) is 11.6 Å². The van der Waals surface area contributed by atoms with Crippen LogP contribution in [0.25, 0.3) is 0 Å². The van der Waals surface area contributed by atoms with Crippen LogP contribution in [0.1, 0.15) is 38.6 Å². The van der Waals surface area contributed by atoms with Crippen molar-refractivity contribution in [3.05, 3.63) is 51.2 Å². The number of amides is 1. The highest BCUT2D eigenvalue weighted by atomic mass is 32.1. The molecule has 1 aromatic heterocycles. The maximum Gasteiger partial charge on any atom is 0.256 e. The van der Waals surface area contributed by atoms with Crippen molar-refractivity contribution in [3.63, 3.8) is 0 Å². The molecule has 106 valence electrons. The summed E-state index contributed by atoms with van der Waals surface area (Å²) in [6.45, 7) is 6.07. The van der Waals surface area contributed by atoms with Gasteiger partial charge in [0.2, 0.25) is 0 Å². The lowest BCUT2D eigenvalue weighted by Crippen LogP contribution is -2.29. The van der Waals surface area contributed by atoms with Crippen LogP contribution in [0.15, 0.2) is 30.3 Å². The molecule has 0 aliphatic heterocycles. The SMILES string of the molecule is Cc1ccc(N)c(C(=O)N(C)C(C)c2ccc(C)s2)c1. The molecule has 0 bridgehead atoms. The molecule has 0 aliphatic rings. The Balaban J connectivity index is 2.26. The minimum absolute atomic E-state index is 0.0373. The molecule has 1 unspecified atom stereocenters. The van der Waals surface area contributed by atoms with Crippen LogP contribution < -0.4 is 5.73 Å². The van der Waals surface area contributed by atoms with Gasteiger partial charge in [0.05, 0.1) is 11.6 Å². The third-order valence-electron chi connectivity index (χ3n) is 3.51. The number of hydrogen-bond donors (Lipinski definition) is 1. The second-order valence-corrected chi connectivity index (χ2v) is 6.45. The topological polar surface area (TPSA) is 46.3 Å². The summed E-state index contributed by atoms with van der Waals surface area (Å²) in [5, 5.41) is 0. The quantitative estimate of drug-likeness (QED) is 0.874. The van der Waals surface area contributed by atoms with Gasteiger partial charge in [-0.15, -0.1) is 11.3 Å². The van der Waals surface area contributed by atoms with Crippen LogP contribution in [-0.4, -0.2) is 17.9 Å². The van der Waals surface area contributed by atoms with Gasteiger partial charge in [0.25, 0.3) is 5.91 Å². The molecular formula is C16H20N2OS. The van der Waals surface area contributed by atoms with Crippen molar-refractivity contribution in [1.29, 1.82) is 0 Å². The van der Waals surface area contributed by atoms with Gasteiger partial charge in [0, 0.05) is 22.5 Å². The van der Waals surface area contributed by atoms with E-state index < -0.39 is 0 Å². The number of thiophene rings is 1. The minimum atomic E-state index is -0.0373. The molecule has 2 N–H and O–H groups in total. The Hall–Kier alpha value is -1.81. The Bertz CT molecular complexity index is 633. The first-order valence-corrected chi connectivity index (χ1v) is 7.41. The van der Waals surface area contributed by atoms with E-state index in [1.54, 1.807) is 22.3 Å². The van der Waals surface area contributed by atoms with Crippen LogP contribution in [0.3, 0.4) is 0 Å². The molecule has 0 fully saturated rings. The average molecular weight is 288 g/mol. The fraction of sp³-hybridized carbons (Fsp3) is 0.312. The molecule has 1 atom stereocenters. The van der Waals surface area contributed by atoms with Crippen LogP contribution in [0.4, 0.5) is 5.69 Å². The second-order valence-electron chi connectivity index (χ2n) is 5.13. The van der Waals surface area contributed by atoms with Crippen LogP contribution in [0.2, 0.25) is 0 Å². The van der Waals surface area contributed by atoms with Crippen molar-refractivity contribution in [2.45, 2.75) is 26.8 Å². The van der Waals surface area contributed by atoms with Crippen molar-refractivity contribution >= 4 is 22.9 Å². The number of carbonyl (C=O) groups excluding carboxylic acids is 1. The third-order valence-corrected chi connectivity index (χ3v) is 4.68. The van der Waals surface area contributed by atoms with E-state index in [-0.39, 0.29) is 11.9 Å². The first-order chi connectivity index (χ1) is 9.40. The molecule has 0 spiro atoms. The number of rotatable bonds is 3. The Morgan fingerprint density at radius 2 is 1.95 bits per heavy atom. The van der Waals surface area contributed by atoms with E-state index in [1.807, 2.05) is 33.0 Å². The summed E-state index contributed by atoms with van der Waals surface area (Å²) in [6.07, 6.45) is 0. The standard InChI is InChI=1S/C16H20N2OS/c1-10-5-7-14(17)13(9-10)16(19)18(4)12(3)15-8-6-11(2)20-15/h5-9,12H,17H2,1-4H3. The highest BCUT2D eigenvalue weighted by molar-refractivity contribution is 7.12. The smallest absolute Gasteiger partial charge is 0.256 e. The second kappa shape index (κ2) is 5.67. The van der Waals surface area contributed by atoms with Crippen LogP contribution in [0, 0.1) is 13.8 Å². The number of hydrogen-bond acceptors (Lipinski definition) is 3. The molecule has 0 radical (unpaired) electrons. The highest BCUT2D eigenvalue weighted by Gasteiger charge is 2.21. The molecule has 1 heterocycles. The maximum atomic E-state index is 12.6. The van der Waals surface area contributed by atoms with Gasteiger partial charge in [0.1, 0.15) is 0 Å². The summed E-state index contributed by atoms with van der Waals surface area (Å²) in [7, 11) is 1.82. The van der Waals surface area contributed by atoms with Gasteiger partial charge >= 0.3 is 0 Å². The maximum absolute atomic E-state index is 12.6. The fourth-order valence-electron chi connectivity index (χ4n) is 2.09. The van der Waals surface area contributed by atoms with Gasteiger partial charge in [-0.05, 0) is 45.0 Å². The number of benzene rings is 1. The van der Waals surface area contributed by atoms with Crippen molar-refractivity contribution in [2.75, 3.05) is 12.8 Å². The fourth-order valence-corrected chi connectivity index (χ4v) is 3.06. The summed E-state index contributed by atoms with van der Waals surface area (Å²) in [5.41, 5.74) is 8.07. The highest BCUT2D eigenvalue weighted by Crippen LogP contribution is 2.28.